The highest BCUT2D eigenvalue weighted by atomic mass is 32.2. The molecule has 1 heterocycles. The van der Waals surface area contributed by atoms with Gasteiger partial charge in [0.25, 0.3) is 0 Å². The number of aromatic nitrogens is 1. The molecular formula is C11H18N4O2S. The molecule has 6 nitrogen and oxygen atoms in total. The third-order valence-corrected chi connectivity index (χ3v) is 3.32. The summed E-state index contributed by atoms with van der Waals surface area (Å²) in [5.41, 5.74) is 0.901. The Bertz CT molecular complexity index is 523. The van der Waals surface area contributed by atoms with E-state index in [0.717, 1.165) is 5.56 Å². The van der Waals surface area contributed by atoms with Crippen molar-refractivity contribution in [1.82, 2.24) is 14.8 Å². The third-order valence-electron chi connectivity index (χ3n) is 2.15. The first-order chi connectivity index (χ1) is 8.24. The quantitative estimate of drug-likeness (QED) is 0.580. The second-order valence-corrected chi connectivity index (χ2v) is 5.88. The van der Waals surface area contributed by atoms with Crippen LogP contribution >= 0.6 is 0 Å². The van der Waals surface area contributed by atoms with Gasteiger partial charge in [0.1, 0.15) is 0 Å². The van der Waals surface area contributed by atoms with Crippen LogP contribution in [0.2, 0.25) is 0 Å². The minimum Gasteiger partial charge on any atom is -0.348 e. The van der Waals surface area contributed by atoms with Crippen LogP contribution in [-0.4, -0.2) is 57.4 Å². The van der Waals surface area contributed by atoms with E-state index in [1.165, 1.54) is 12.3 Å². The Balaban J connectivity index is 3.22. The van der Waals surface area contributed by atoms with Crippen molar-refractivity contribution in [2.24, 2.45) is 4.40 Å². The average molecular weight is 270 g/mol. The van der Waals surface area contributed by atoms with Crippen molar-refractivity contribution >= 4 is 16.0 Å². The lowest BCUT2D eigenvalue weighted by molar-refractivity contribution is 0.484. The van der Waals surface area contributed by atoms with Crippen molar-refractivity contribution in [3.8, 4) is 0 Å². The largest absolute Gasteiger partial charge is 0.348 e. The molecule has 7 heteroatoms. The lowest BCUT2D eigenvalue weighted by atomic mass is 10.3. The normalized spacial score (nSPS) is 10.9. The Labute approximate surface area is 108 Å². The Morgan fingerprint density at radius 2 is 1.72 bits per heavy atom. The first-order valence-corrected chi connectivity index (χ1v) is 6.80. The molecule has 0 aromatic carbocycles. The number of aryl methyl sites for hydroxylation is 1. The van der Waals surface area contributed by atoms with Crippen LogP contribution in [0.15, 0.2) is 27.8 Å². The molecule has 100 valence electrons. The van der Waals surface area contributed by atoms with Crippen LogP contribution in [0.3, 0.4) is 0 Å². The van der Waals surface area contributed by atoms with Gasteiger partial charge in [-0.1, -0.05) is 6.07 Å². The van der Waals surface area contributed by atoms with Gasteiger partial charge in [0.05, 0.1) is 0 Å². The zero-order valence-electron chi connectivity index (χ0n) is 11.2. The number of guanidine groups is 1. The second-order valence-electron chi connectivity index (χ2n) is 4.33. The van der Waals surface area contributed by atoms with Crippen LogP contribution < -0.4 is 0 Å². The van der Waals surface area contributed by atoms with E-state index in [-0.39, 0.29) is 5.03 Å². The molecule has 0 unspecified atom stereocenters. The van der Waals surface area contributed by atoms with Crippen LogP contribution in [0.25, 0.3) is 0 Å². The summed E-state index contributed by atoms with van der Waals surface area (Å²) < 4.78 is 27.9. The smallest absolute Gasteiger partial charge is 0.303 e. The molecule has 0 saturated heterocycles. The molecule has 1 aromatic rings. The first-order valence-electron chi connectivity index (χ1n) is 5.36. The van der Waals surface area contributed by atoms with Gasteiger partial charge in [-0.15, -0.1) is 4.40 Å². The van der Waals surface area contributed by atoms with Crippen molar-refractivity contribution < 1.29 is 8.42 Å². The van der Waals surface area contributed by atoms with Crippen LogP contribution in [0, 0.1) is 6.92 Å². The van der Waals surface area contributed by atoms with E-state index >= 15 is 0 Å². The van der Waals surface area contributed by atoms with Crippen molar-refractivity contribution in [3.05, 3.63) is 23.9 Å². The summed E-state index contributed by atoms with van der Waals surface area (Å²) in [6, 6.07) is 3.15. The lowest BCUT2D eigenvalue weighted by Gasteiger charge is -2.21. The van der Waals surface area contributed by atoms with Crippen LogP contribution in [-0.2, 0) is 10.0 Å². The van der Waals surface area contributed by atoms with Gasteiger partial charge in [-0.2, -0.15) is 8.42 Å². The molecule has 0 aliphatic rings. The first kappa shape index (κ1) is 14.4. The van der Waals surface area contributed by atoms with Gasteiger partial charge in [-0.3, -0.25) is 0 Å². The predicted octanol–water partition coefficient (Wildman–Crippen LogP) is 0.558. The van der Waals surface area contributed by atoms with Crippen molar-refractivity contribution in [2.75, 3.05) is 28.2 Å². The van der Waals surface area contributed by atoms with E-state index in [0.29, 0.717) is 5.96 Å². The summed E-state index contributed by atoms with van der Waals surface area (Å²) in [6.07, 6.45) is 1.51. The highest BCUT2D eigenvalue weighted by Gasteiger charge is 2.17. The Kier molecular flexibility index (Phi) is 4.28. The fourth-order valence-corrected chi connectivity index (χ4v) is 2.39. The Morgan fingerprint density at radius 1 is 1.17 bits per heavy atom. The van der Waals surface area contributed by atoms with E-state index in [1.54, 1.807) is 44.1 Å². The molecule has 0 bridgehead atoms. The van der Waals surface area contributed by atoms with E-state index in [2.05, 4.69) is 9.38 Å². The molecular weight excluding hydrogens is 252 g/mol. The minimum absolute atomic E-state index is 0.0469. The standard InChI is InChI=1S/C11H18N4O2S/c1-9-6-7-10(12-8-9)18(16,17)13-11(14(2)3)15(4)5/h6-8H,1-5H3. The van der Waals surface area contributed by atoms with Gasteiger partial charge in [0, 0.05) is 34.4 Å². The summed E-state index contributed by atoms with van der Waals surface area (Å²) in [7, 11) is 3.16. The second kappa shape index (κ2) is 5.34. The van der Waals surface area contributed by atoms with Crippen molar-refractivity contribution in [1.29, 1.82) is 0 Å². The molecule has 0 radical (unpaired) electrons. The number of hydrogen-bond acceptors (Lipinski definition) is 3. The number of sulfonamides is 1. The number of nitrogens with zero attached hydrogens (tertiary/aromatic N) is 4. The van der Waals surface area contributed by atoms with Crippen LogP contribution in [0.1, 0.15) is 5.56 Å². The molecule has 1 aromatic heterocycles. The van der Waals surface area contributed by atoms with E-state index in [4.69, 9.17) is 0 Å². The fourth-order valence-electron chi connectivity index (χ4n) is 1.32. The highest BCUT2D eigenvalue weighted by molar-refractivity contribution is 7.90. The maximum Gasteiger partial charge on any atom is 0.303 e. The summed E-state index contributed by atoms with van der Waals surface area (Å²) in [4.78, 5) is 7.15. The fraction of sp³-hybridized carbons (Fsp3) is 0.455. The van der Waals surface area contributed by atoms with Gasteiger partial charge >= 0.3 is 10.0 Å². The van der Waals surface area contributed by atoms with E-state index in [1.807, 2.05) is 6.92 Å². The third kappa shape index (κ3) is 3.43. The van der Waals surface area contributed by atoms with Gasteiger partial charge in [0.2, 0.25) is 5.96 Å². The zero-order chi connectivity index (χ0) is 13.9. The zero-order valence-corrected chi connectivity index (χ0v) is 12.1. The monoisotopic (exact) mass is 270 g/mol. The predicted molar refractivity (Wildman–Crippen MR) is 71.0 cm³/mol. The molecule has 0 aliphatic carbocycles. The minimum atomic E-state index is -3.77. The van der Waals surface area contributed by atoms with Crippen LogP contribution in [0.5, 0.6) is 0 Å². The maximum atomic E-state index is 12.1. The Morgan fingerprint density at radius 3 is 2.11 bits per heavy atom. The van der Waals surface area contributed by atoms with Gasteiger partial charge in [0.15, 0.2) is 5.03 Å². The molecule has 0 saturated carbocycles. The van der Waals surface area contributed by atoms with Gasteiger partial charge in [-0.25, -0.2) is 4.98 Å². The van der Waals surface area contributed by atoms with Gasteiger partial charge in [-0.05, 0) is 18.6 Å². The van der Waals surface area contributed by atoms with E-state index in [9.17, 15) is 8.42 Å². The number of pyridine rings is 1. The molecule has 0 aliphatic heterocycles. The molecule has 0 spiro atoms. The van der Waals surface area contributed by atoms with Crippen molar-refractivity contribution in [2.45, 2.75) is 11.9 Å². The molecule has 18 heavy (non-hydrogen) atoms. The number of hydrogen-bond donors (Lipinski definition) is 0. The molecule has 0 fully saturated rings. The van der Waals surface area contributed by atoms with Crippen LogP contribution in [0.4, 0.5) is 0 Å². The van der Waals surface area contributed by atoms with Crippen molar-refractivity contribution in [3.63, 3.8) is 0 Å². The highest BCUT2D eigenvalue weighted by Crippen LogP contribution is 2.10. The van der Waals surface area contributed by atoms with Gasteiger partial charge < -0.3 is 9.80 Å². The SMILES string of the molecule is Cc1ccc(S(=O)(=O)N=C(N(C)C)N(C)C)nc1. The van der Waals surface area contributed by atoms with E-state index < -0.39 is 10.0 Å². The summed E-state index contributed by atoms with van der Waals surface area (Å²) in [6.45, 7) is 1.84. The molecule has 0 N–H and O–H groups in total. The summed E-state index contributed by atoms with van der Waals surface area (Å²) >= 11 is 0. The number of rotatable bonds is 2. The lowest BCUT2D eigenvalue weighted by Crippen LogP contribution is -2.36. The maximum absolute atomic E-state index is 12.1. The summed E-state index contributed by atoms with van der Waals surface area (Å²) in [5.74, 6) is 0.345. The molecule has 0 amide bonds. The average Bonchev–Trinajstić information content (AvgIpc) is 2.26. The summed E-state index contributed by atoms with van der Waals surface area (Å²) in [5, 5.41) is -0.0469. The Hall–Kier alpha value is -1.63. The molecule has 1 rings (SSSR count). The topological polar surface area (TPSA) is 65.9 Å². The molecule has 0 atom stereocenters.